The molecule has 0 amide bonds. The summed E-state index contributed by atoms with van der Waals surface area (Å²) in [5.74, 6) is 0.156. The van der Waals surface area contributed by atoms with E-state index in [0.29, 0.717) is 22.2 Å². The average molecular weight is 331 g/mol. The molecule has 1 N–H and O–H groups in total. The van der Waals surface area contributed by atoms with Gasteiger partial charge < -0.3 is 14.4 Å². The second-order valence-corrected chi connectivity index (χ2v) is 5.08. The fraction of sp³-hybridized carbons (Fsp3) is 0.0625. The van der Waals surface area contributed by atoms with Crippen molar-refractivity contribution in [3.05, 3.63) is 65.0 Å². The lowest BCUT2D eigenvalue weighted by Gasteiger charge is -2.02. The molecule has 0 aliphatic rings. The third kappa shape index (κ3) is 3.67. The molecule has 7 heteroatoms. The Morgan fingerprint density at radius 1 is 1.22 bits per heavy atom. The lowest BCUT2D eigenvalue weighted by Crippen LogP contribution is -1.97. The topological polar surface area (TPSA) is 85.5 Å². The van der Waals surface area contributed by atoms with Gasteiger partial charge in [0.05, 0.1) is 5.56 Å². The van der Waals surface area contributed by atoms with Crippen LogP contribution in [0.25, 0.3) is 11.4 Å². The Labute approximate surface area is 136 Å². The van der Waals surface area contributed by atoms with Crippen molar-refractivity contribution in [2.24, 2.45) is 0 Å². The number of aromatic nitrogens is 2. The van der Waals surface area contributed by atoms with Crippen LogP contribution in [0.5, 0.6) is 5.75 Å². The number of carboxylic acid groups (broad SMARTS) is 1. The lowest BCUT2D eigenvalue weighted by atomic mass is 10.1. The standard InChI is InChI=1S/C16H11ClN2O4/c17-12-5-2-6-13(8-12)22-9-14-18-15(19-23-14)10-3-1-4-11(7-10)16(20)21/h1-8H,9H2,(H,20,21). The monoisotopic (exact) mass is 330 g/mol. The van der Waals surface area contributed by atoms with Crippen LogP contribution in [0.2, 0.25) is 5.02 Å². The number of carbonyl (C=O) groups is 1. The van der Waals surface area contributed by atoms with Gasteiger partial charge in [0.15, 0.2) is 6.61 Å². The smallest absolute Gasteiger partial charge is 0.335 e. The van der Waals surface area contributed by atoms with E-state index in [1.54, 1.807) is 36.4 Å². The molecule has 0 atom stereocenters. The SMILES string of the molecule is O=C(O)c1cccc(-c2noc(COc3cccc(Cl)c3)n2)c1. The van der Waals surface area contributed by atoms with Crippen molar-refractivity contribution in [1.82, 2.24) is 10.1 Å². The number of hydrogen-bond acceptors (Lipinski definition) is 5. The number of carboxylic acids is 1. The van der Waals surface area contributed by atoms with Crippen LogP contribution in [0, 0.1) is 0 Å². The third-order valence-electron chi connectivity index (χ3n) is 2.99. The van der Waals surface area contributed by atoms with Gasteiger partial charge in [0.2, 0.25) is 5.82 Å². The maximum Gasteiger partial charge on any atom is 0.335 e. The van der Waals surface area contributed by atoms with Gasteiger partial charge in [0.25, 0.3) is 5.89 Å². The zero-order valence-electron chi connectivity index (χ0n) is 11.8. The second-order valence-electron chi connectivity index (χ2n) is 4.64. The molecule has 3 aromatic rings. The van der Waals surface area contributed by atoms with Crippen molar-refractivity contribution in [3.8, 4) is 17.1 Å². The predicted molar refractivity (Wildman–Crippen MR) is 82.5 cm³/mol. The molecule has 0 saturated carbocycles. The van der Waals surface area contributed by atoms with Gasteiger partial charge >= 0.3 is 5.97 Å². The Morgan fingerprint density at radius 3 is 2.83 bits per heavy atom. The third-order valence-corrected chi connectivity index (χ3v) is 3.23. The van der Waals surface area contributed by atoms with Crippen molar-refractivity contribution >= 4 is 17.6 Å². The van der Waals surface area contributed by atoms with E-state index >= 15 is 0 Å². The Balaban J connectivity index is 1.73. The van der Waals surface area contributed by atoms with Gasteiger partial charge in [-0.15, -0.1) is 0 Å². The van der Waals surface area contributed by atoms with Crippen LogP contribution < -0.4 is 4.74 Å². The minimum absolute atomic E-state index is 0.0892. The van der Waals surface area contributed by atoms with E-state index in [1.165, 1.54) is 12.1 Å². The van der Waals surface area contributed by atoms with Gasteiger partial charge in [-0.3, -0.25) is 0 Å². The van der Waals surface area contributed by atoms with Crippen molar-refractivity contribution < 1.29 is 19.2 Å². The molecular weight excluding hydrogens is 320 g/mol. The van der Waals surface area contributed by atoms with Crippen LogP contribution in [0.1, 0.15) is 16.2 Å². The molecule has 0 aliphatic heterocycles. The maximum atomic E-state index is 11.0. The van der Waals surface area contributed by atoms with E-state index < -0.39 is 5.97 Å². The van der Waals surface area contributed by atoms with Crippen LogP contribution >= 0.6 is 11.6 Å². The summed E-state index contributed by atoms with van der Waals surface area (Å²) >= 11 is 5.87. The normalized spacial score (nSPS) is 10.5. The van der Waals surface area contributed by atoms with Crippen LogP contribution in [-0.2, 0) is 6.61 Å². The molecule has 0 fully saturated rings. The quantitative estimate of drug-likeness (QED) is 0.768. The van der Waals surface area contributed by atoms with Crippen LogP contribution in [0.4, 0.5) is 0 Å². The summed E-state index contributed by atoms with van der Waals surface area (Å²) in [5, 5.41) is 13.4. The van der Waals surface area contributed by atoms with Crippen LogP contribution in [0.15, 0.2) is 53.1 Å². The number of aromatic carboxylic acids is 1. The second kappa shape index (κ2) is 6.50. The molecule has 0 aliphatic carbocycles. The summed E-state index contributed by atoms with van der Waals surface area (Å²) in [6.45, 7) is 0.0892. The van der Waals surface area contributed by atoms with Gasteiger partial charge in [0, 0.05) is 10.6 Å². The summed E-state index contributed by atoms with van der Waals surface area (Å²) in [6, 6.07) is 13.3. The molecule has 0 radical (unpaired) electrons. The minimum Gasteiger partial charge on any atom is -0.484 e. The molecule has 0 spiro atoms. The number of nitrogens with zero attached hydrogens (tertiary/aromatic N) is 2. The van der Waals surface area contributed by atoms with E-state index in [1.807, 2.05) is 0 Å². The van der Waals surface area contributed by atoms with Crippen LogP contribution in [-0.4, -0.2) is 21.2 Å². The Hall–Kier alpha value is -2.86. The molecule has 23 heavy (non-hydrogen) atoms. The molecule has 0 saturated heterocycles. The molecule has 0 bridgehead atoms. The zero-order chi connectivity index (χ0) is 16.2. The van der Waals surface area contributed by atoms with Crippen LogP contribution in [0.3, 0.4) is 0 Å². The first kappa shape index (κ1) is 15.1. The van der Waals surface area contributed by atoms with Crippen molar-refractivity contribution in [2.45, 2.75) is 6.61 Å². The highest BCUT2D eigenvalue weighted by molar-refractivity contribution is 6.30. The number of ether oxygens (including phenoxy) is 1. The molecule has 3 rings (SSSR count). The predicted octanol–water partition coefficient (Wildman–Crippen LogP) is 3.67. The largest absolute Gasteiger partial charge is 0.484 e. The molecule has 116 valence electrons. The van der Waals surface area contributed by atoms with Crippen molar-refractivity contribution in [3.63, 3.8) is 0 Å². The molecular formula is C16H11ClN2O4. The highest BCUT2D eigenvalue weighted by Crippen LogP contribution is 2.20. The highest BCUT2D eigenvalue weighted by Gasteiger charge is 2.11. The maximum absolute atomic E-state index is 11.0. The fourth-order valence-electron chi connectivity index (χ4n) is 1.92. The van der Waals surface area contributed by atoms with E-state index in [-0.39, 0.29) is 18.1 Å². The summed E-state index contributed by atoms with van der Waals surface area (Å²) in [4.78, 5) is 15.2. The zero-order valence-corrected chi connectivity index (χ0v) is 12.5. The number of benzene rings is 2. The summed E-state index contributed by atoms with van der Waals surface area (Å²) < 4.78 is 10.6. The molecule has 0 unspecified atom stereocenters. The first-order valence-electron chi connectivity index (χ1n) is 6.66. The van der Waals surface area contributed by atoms with Gasteiger partial charge in [-0.05, 0) is 30.3 Å². The summed E-state index contributed by atoms with van der Waals surface area (Å²) in [7, 11) is 0. The first-order chi connectivity index (χ1) is 11.1. The van der Waals surface area contributed by atoms with Gasteiger partial charge in [-0.25, -0.2) is 4.79 Å². The molecule has 6 nitrogen and oxygen atoms in total. The fourth-order valence-corrected chi connectivity index (χ4v) is 2.10. The van der Waals surface area contributed by atoms with E-state index in [2.05, 4.69) is 10.1 Å². The Morgan fingerprint density at radius 2 is 2.04 bits per heavy atom. The number of rotatable bonds is 5. The van der Waals surface area contributed by atoms with Gasteiger partial charge in [-0.1, -0.05) is 35.0 Å². The highest BCUT2D eigenvalue weighted by atomic mass is 35.5. The number of halogens is 1. The summed E-state index contributed by atoms with van der Waals surface area (Å²) in [5.41, 5.74) is 0.715. The van der Waals surface area contributed by atoms with E-state index in [9.17, 15) is 4.79 Å². The average Bonchev–Trinajstić information content (AvgIpc) is 3.02. The number of hydrogen-bond donors (Lipinski definition) is 1. The van der Waals surface area contributed by atoms with Gasteiger partial charge in [-0.2, -0.15) is 4.98 Å². The lowest BCUT2D eigenvalue weighted by molar-refractivity contribution is 0.0697. The molecule has 2 aromatic carbocycles. The van der Waals surface area contributed by atoms with Crippen molar-refractivity contribution in [1.29, 1.82) is 0 Å². The first-order valence-corrected chi connectivity index (χ1v) is 7.04. The molecule has 1 aromatic heterocycles. The Kier molecular flexibility index (Phi) is 4.25. The van der Waals surface area contributed by atoms with E-state index in [4.69, 9.17) is 26.0 Å². The summed E-state index contributed by atoms with van der Waals surface area (Å²) in [6.07, 6.45) is 0. The van der Waals surface area contributed by atoms with E-state index in [0.717, 1.165) is 0 Å². The Bertz CT molecular complexity index is 847. The molecule has 1 heterocycles. The van der Waals surface area contributed by atoms with Crippen molar-refractivity contribution in [2.75, 3.05) is 0 Å². The van der Waals surface area contributed by atoms with Gasteiger partial charge in [0.1, 0.15) is 5.75 Å². The minimum atomic E-state index is -1.01.